The summed E-state index contributed by atoms with van der Waals surface area (Å²) in [6.07, 6.45) is 3.98. The van der Waals surface area contributed by atoms with E-state index < -0.39 is 0 Å². The van der Waals surface area contributed by atoms with E-state index in [1.165, 1.54) is 7.11 Å². The summed E-state index contributed by atoms with van der Waals surface area (Å²) in [5, 5.41) is 12.4. The first-order chi connectivity index (χ1) is 6.77. The van der Waals surface area contributed by atoms with Gasteiger partial charge in [-0.05, 0) is 24.7 Å². The van der Waals surface area contributed by atoms with Crippen molar-refractivity contribution in [1.29, 1.82) is 0 Å². The minimum Gasteiger partial charge on any atom is -0.504 e. The topological polar surface area (TPSA) is 41.5 Å². The predicted octanol–water partition coefficient (Wildman–Crippen LogP) is 1.63. The van der Waals surface area contributed by atoms with Gasteiger partial charge in [0.2, 0.25) is 0 Å². The van der Waals surface area contributed by atoms with E-state index in [-0.39, 0.29) is 5.75 Å². The summed E-state index contributed by atoms with van der Waals surface area (Å²) in [7, 11) is 3.43. The van der Waals surface area contributed by atoms with E-state index in [1.54, 1.807) is 12.1 Å². The third-order valence-corrected chi connectivity index (χ3v) is 1.84. The van der Waals surface area contributed by atoms with Gasteiger partial charge in [0.15, 0.2) is 11.5 Å². The van der Waals surface area contributed by atoms with E-state index in [0.29, 0.717) is 5.75 Å². The molecule has 2 N–H and O–H groups in total. The van der Waals surface area contributed by atoms with Gasteiger partial charge in [-0.25, -0.2) is 0 Å². The summed E-state index contributed by atoms with van der Waals surface area (Å²) in [6.45, 7) is 0.823. The second-order valence-electron chi connectivity index (χ2n) is 2.89. The van der Waals surface area contributed by atoms with Crippen molar-refractivity contribution >= 4 is 6.08 Å². The number of likely N-dealkylation sites (N-methyl/N-ethyl adjacent to an activating group) is 1. The fourth-order valence-corrected chi connectivity index (χ4v) is 1.11. The van der Waals surface area contributed by atoms with E-state index in [1.807, 2.05) is 25.3 Å². The van der Waals surface area contributed by atoms with Gasteiger partial charge in [0, 0.05) is 6.54 Å². The van der Waals surface area contributed by atoms with Crippen LogP contribution in [0.4, 0.5) is 0 Å². The lowest BCUT2D eigenvalue weighted by Crippen LogP contribution is -2.03. The first-order valence-corrected chi connectivity index (χ1v) is 4.46. The maximum Gasteiger partial charge on any atom is 0.161 e. The molecule has 0 fully saturated rings. The highest BCUT2D eigenvalue weighted by molar-refractivity contribution is 5.55. The van der Waals surface area contributed by atoms with Crippen LogP contribution < -0.4 is 10.1 Å². The largest absolute Gasteiger partial charge is 0.504 e. The average molecular weight is 193 g/mol. The summed E-state index contributed by atoms with van der Waals surface area (Å²) in [5.74, 6) is 0.662. The molecule has 0 spiro atoms. The molecule has 0 heterocycles. The molecule has 0 bridgehead atoms. The Morgan fingerprint density at radius 2 is 2.29 bits per heavy atom. The molecule has 0 aliphatic carbocycles. The fraction of sp³-hybridized carbons (Fsp3) is 0.273. The van der Waals surface area contributed by atoms with Crippen LogP contribution in [0, 0.1) is 0 Å². The Labute approximate surface area is 84.0 Å². The maximum atomic E-state index is 9.35. The SMILES string of the molecule is CNCC=Cc1ccc(O)c(OC)c1. The Kier molecular flexibility index (Phi) is 4.01. The minimum absolute atomic E-state index is 0.165. The smallest absolute Gasteiger partial charge is 0.161 e. The molecular formula is C11H15NO2. The van der Waals surface area contributed by atoms with Gasteiger partial charge in [0.05, 0.1) is 7.11 Å². The van der Waals surface area contributed by atoms with Crippen LogP contribution in [0.25, 0.3) is 6.08 Å². The lowest BCUT2D eigenvalue weighted by Gasteiger charge is -2.03. The number of benzene rings is 1. The molecule has 0 aliphatic rings. The predicted molar refractivity (Wildman–Crippen MR) is 57.6 cm³/mol. The van der Waals surface area contributed by atoms with Crippen molar-refractivity contribution in [2.75, 3.05) is 20.7 Å². The van der Waals surface area contributed by atoms with Crippen LogP contribution in [-0.2, 0) is 0 Å². The molecule has 0 atom stereocenters. The second kappa shape index (κ2) is 5.29. The Morgan fingerprint density at radius 1 is 1.50 bits per heavy atom. The lowest BCUT2D eigenvalue weighted by molar-refractivity contribution is 0.373. The molecule has 0 unspecified atom stereocenters. The third-order valence-electron chi connectivity index (χ3n) is 1.84. The monoisotopic (exact) mass is 193 g/mol. The number of nitrogens with one attached hydrogen (secondary N) is 1. The fourth-order valence-electron chi connectivity index (χ4n) is 1.11. The molecule has 1 rings (SSSR count). The van der Waals surface area contributed by atoms with Crippen LogP contribution in [0.2, 0.25) is 0 Å². The highest BCUT2D eigenvalue weighted by atomic mass is 16.5. The van der Waals surface area contributed by atoms with Crippen LogP contribution in [0.5, 0.6) is 11.5 Å². The molecule has 0 saturated carbocycles. The molecule has 3 nitrogen and oxygen atoms in total. The number of hydrogen-bond acceptors (Lipinski definition) is 3. The Balaban J connectivity index is 2.79. The molecule has 3 heteroatoms. The zero-order valence-corrected chi connectivity index (χ0v) is 8.45. The molecular weight excluding hydrogens is 178 g/mol. The van der Waals surface area contributed by atoms with Crippen LogP contribution in [0.15, 0.2) is 24.3 Å². The first kappa shape index (κ1) is 10.6. The average Bonchev–Trinajstić information content (AvgIpc) is 2.21. The maximum absolute atomic E-state index is 9.35. The number of phenols is 1. The molecule has 0 aliphatic heterocycles. The molecule has 0 saturated heterocycles. The molecule has 14 heavy (non-hydrogen) atoms. The van der Waals surface area contributed by atoms with E-state index in [2.05, 4.69) is 5.32 Å². The highest BCUT2D eigenvalue weighted by Gasteiger charge is 1.99. The third kappa shape index (κ3) is 2.78. The van der Waals surface area contributed by atoms with Crippen LogP contribution in [0.1, 0.15) is 5.56 Å². The van der Waals surface area contributed by atoms with Gasteiger partial charge >= 0.3 is 0 Å². The molecule has 0 amide bonds. The quantitative estimate of drug-likeness (QED) is 0.763. The Bertz CT molecular complexity index is 321. The highest BCUT2D eigenvalue weighted by Crippen LogP contribution is 2.26. The molecule has 1 aromatic rings. The van der Waals surface area contributed by atoms with Gasteiger partial charge in [0.25, 0.3) is 0 Å². The number of phenolic OH excluding ortho intramolecular Hbond substituents is 1. The first-order valence-electron chi connectivity index (χ1n) is 4.46. The lowest BCUT2D eigenvalue weighted by atomic mass is 10.2. The van der Waals surface area contributed by atoms with Crippen LogP contribution in [-0.4, -0.2) is 25.8 Å². The Morgan fingerprint density at radius 3 is 2.93 bits per heavy atom. The van der Waals surface area contributed by atoms with Gasteiger partial charge in [-0.2, -0.15) is 0 Å². The van der Waals surface area contributed by atoms with Crippen LogP contribution >= 0.6 is 0 Å². The van der Waals surface area contributed by atoms with E-state index in [4.69, 9.17) is 4.74 Å². The summed E-state index contributed by atoms with van der Waals surface area (Å²) < 4.78 is 4.99. The van der Waals surface area contributed by atoms with Gasteiger partial charge in [0.1, 0.15) is 0 Å². The van der Waals surface area contributed by atoms with Crippen molar-refractivity contribution in [1.82, 2.24) is 5.32 Å². The number of ether oxygens (including phenoxy) is 1. The zero-order chi connectivity index (χ0) is 10.4. The van der Waals surface area contributed by atoms with Crippen molar-refractivity contribution in [2.45, 2.75) is 0 Å². The summed E-state index contributed by atoms with van der Waals surface area (Å²) >= 11 is 0. The minimum atomic E-state index is 0.165. The van der Waals surface area contributed by atoms with Crippen molar-refractivity contribution in [3.63, 3.8) is 0 Å². The second-order valence-corrected chi connectivity index (χ2v) is 2.89. The number of aromatic hydroxyl groups is 1. The summed E-state index contributed by atoms with van der Waals surface area (Å²) in [4.78, 5) is 0. The number of rotatable bonds is 4. The number of hydrogen-bond donors (Lipinski definition) is 2. The summed E-state index contributed by atoms with van der Waals surface area (Å²) in [5.41, 5.74) is 1.01. The molecule has 0 radical (unpaired) electrons. The molecule has 1 aromatic carbocycles. The van der Waals surface area contributed by atoms with Gasteiger partial charge < -0.3 is 15.2 Å². The van der Waals surface area contributed by atoms with Crippen molar-refractivity contribution in [3.05, 3.63) is 29.8 Å². The molecule has 0 aromatic heterocycles. The summed E-state index contributed by atoms with van der Waals surface area (Å²) in [6, 6.07) is 5.25. The van der Waals surface area contributed by atoms with Gasteiger partial charge in [-0.3, -0.25) is 0 Å². The van der Waals surface area contributed by atoms with Crippen molar-refractivity contribution < 1.29 is 9.84 Å². The van der Waals surface area contributed by atoms with E-state index in [9.17, 15) is 5.11 Å². The van der Waals surface area contributed by atoms with E-state index >= 15 is 0 Å². The van der Waals surface area contributed by atoms with Crippen molar-refractivity contribution in [3.8, 4) is 11.5 Å². The van der Waals surface area contributed by atoms with Crippen molar-refractivity contribution in [2.24, 2.45) is 0 Å². The Hall–Kier alpha value is -1.48. The van der Waals surface area contributed by atoms with Gasteiger partial charge in [-0.15, -0.1) is 0 Å². The van der Waals surface area contributed by atoms with Crippen LogP contribution in [0.3, 0.4) is 0 Å². The molecule has 76 valence electrons. The van der Waals surface area contributed by atoms with Gasteiger partial charge in [-0.1, -0.05) is 18.2 Å². The normalized spacial score (nSPS) is 10.7. The number of methoxy groups -OCH3 is 1. The van der Waals surface area contributed by atoms with E-state index in [0.717, 1.165) is 12.1 Å². The zero-order valence-electron chi connectivity index (χ0n) is 8.45. The standard InChI is InChI=1S/C11H15NO2/c1-12-7-3-4-9-5-6-10(13)11(8-9)14-2/h3-6,8,12-13H,7H2,1-2H3.